The average Bonchev–Trinajstić information content (AvgIpc) is 3.41. The molecular weight excluding hydrogens is 580 g/mol. The number of carbonyl (C=O) groups is 2. The smallest absolute Gasteiger partial charge is 0.238 e. The lowest BCUT2D eigenvalue weighted by Gasteiger charge is -2.50. The van der Waals surface area contributed by atoms with Crippen LogP contribution in [0.3, 0.4) is 0 Å². The van der Waals surface area contributed by atoms with Crippen LogP contribution in [0.4, 0.5) is 10.1 Å². The van der Waals surface area contributed by atoms with Gasteiger partial charge in [0, 0.05) is 28.2 Å². The summed E-state index contributed by atoms with van der Waals surface area (Å²) < 4.78 is 16.1. The van der Waals surface area contributed by atoms with Crippen LogP contribution in [-0.2, 0) is 15.0 Å². The van der Waals surface area contributed by atoms with Crippen LogP contribution in [0.15, 0.2) is 36.4 Å². The maximum Gasteiger partial charge on any atom is 0.238 e. The highest BCUT2D eigenvalue weighted by atomic mass is 35.5. The number of amides is 2. The van der Waals surface area contributed by atoms with Gasteiger partial charge in [-0.3, -0.25) is 14.9 Å². The lowest BCUT2D eigenvalue weighted by atomic mass is 9.53. The van der Waals surface area contributed by atoms with Crippen molar-refractivity contribution < 1.29 is 24.2 Å². The second-order valence-corrected chi connectivity index (χ2v) is 14.5. The molecule has 0 radical (unpaired) electrons. The number of rotatable bonds is 4. The van der Waals surface area contributed by atoms with E-state index < -0.39 is 34.3 Å². The minimum atomic E-state index is -1.30. The molecule has 2 aliphatic carbocycles. The van der Waals surface area contributed by atoms with Gasteiger partial charge in [0.25, 0.3) is 0 Å². The molecule has 7 nitrogen and oxygen atoms in total. The van der Waals surface area contributed by atoms with E-state index >= 15 is 4.39 Å². The number of carbonyl (C=O) groups excluding carboxylic acids is 2. The summed E-state index contributed by atoms with van der Waals surface area (Å²) in [7, 11) is 0. The first-order valence-electron chi connectivity index (χ1n) is 14.8. The van der Waals surface area contributed by atoms with Crippen molar-refractivity contribution in [3.05, 3.63) is 63.4 Å². The van der Waals surface area contributed by atoms with Gasteiger partial charge in [-0.1, -0.05) is 55.2 Å². The molecule has 0 bridgehead atoms. The van der Waals surface area contributed by atoms with Gasteiger partial charge >= 0.3 is 0 Å². The van der Waals surface area contributed by atoms with E-state index in [1.807, 2.05) is 6.07 Å². The van der Waals surface area contributed by atoms with Crippen LogP contribution in [0.5, 0.6) is 0 Å². The predicted molar refractivity (Wildman–Crippen MR) is 160 cm³/mol. The van der Waals surface area contributed by atoms with Crippen LogP contribution in [-0.4, -0.2) is 51.9 Å². The quantitative estimate of drug-likeness (QED) is 0.324. The molecule has 2 spiro atoms. The zero-order valence-corrected chi connectivity index (χ0v) is 25.4. The minimum Gasteiger partial charge on any atom is -0.393 e. The van der Waals surface area contributed by atoms with Gasteiger partial charge in [-0.15, -0.1) is 0 Å². The molecule has 5 N–H and O–H groups in total. The minimum absolute atomic E-state index is 0.0504. The van der Waals surface area contributed by atoms with Gasteiger partial charge < -0.3 is 20.8 Å². The van der Waals surface area contributed by atoms with E-state index in [1.54, 1.807) is 24.3 Å². The Bertz CT molecular complexity index is 1420. The number of halogens is 3. The molecule has 0 aromatic heterocycles. The third-order valence-corrected chi connectivity index (χ3v) is 11.1. The summed E-state index contributed by atoms with van der Waals surface area (Å²) in [5.74, 6) is -2.15. The SMILES string of the molecule is CC1(C)CCC2(CC1)N[C@@H](C(=O)NC1CCC(O)(CO)CC1)[C@H](c1cccc(Cl)c1F)C21C(=O)Nc2cc(Cl)ccc21. The first-order valence-corrected chi connectivity index (χ1v) is 15.6. The van der Waals surface area contributed by atoms with Crippen LogP contribution in [0.2, 0.25) is 10.0 Å². The summed E-state index contributed by atoms with van der Waals surface area (Å²) in [6, 6.07) is 8.89. The standard InChI is InChI=1S/C32H38Cl2FN3O4/c1-29(2)12-14-31(15-13-29)32(21-7-6-18(33)16-23(21)37-28(32)41)24(20-4-3-5-22(34)25(20)35)26(38-31)27(40)36-19-8-10-30(42,17-39)11-9-19/h3-7,16,19,24,26,38-39,42H,8-15,17H2,1-2H3,(H,36,40)(H,37,41)/t19?,24-,26+,30?,32?/m0/s1. The zero-order chi connectivity index (χ0) is 30.1. The maximum atomic E-state index is 16.1. The fraction of sp³-hybridized carbons (Fsp3) is 0.562. The van der Waals surface area contributed by atoms with Crippen molar-refractivity contribution in [1.82, 2.24) is 10.6 Å². The Balaban J connectivity index is 1.50. The molecule has 42 heavy (non-hydrogen) atoms. The molecule has 226 valence electrons. The van der Waals surface area contributed by atoms with Gasteiger partial charge in [0.1, 0.15) is 11.2 Å². The molecule has 2 amide bonds. The van der Waals surface area contributed by atoms with E-state index in [0.717, 1.165) is 12.8 Å². The number of benzene rings is 2. The average molecular weight is 619 g/mol. The van der Waals surface area contributed by atoms with E-state index in [2.05, 4.69) is 29.8 Å². The molecule has 6 rings (SSSR count). The summed E-state index contributed by atoms with van der Waals surface area (Å²) in [5, 5.41) is 30.3. The van der Waals surface area contributed by atoms with Crippen molar-refractivity contribution in [2.24, 2.45) is 5.41 Å². The third kappa shape index (κ3) is 4.56. The van der Waals surface area contributed by atoms with E-state index in [9.17, 15) is 19.8 Å². The largest absolute Gasteiger partial charge is 0.393 e. The van der Waals surface area contributed by atoms with Crippen molar-refractivity contribution >= 4 is 40.7 Å². The first-order chi connectivity index (χ1) is 19.8. The normalized spacial score (nSPS) is 33.0. The Morgan fingerprint density at radius 2 is 1.76 bits per heavy atom. The number of hydrogen-bond acceptors (Lipinski definition) is 5. The monoisotopic (exact) mass is 617 g/mol. The summed E-state index contributed by atoms with van der Waals surface area (Å²) in [4.78, 5) is 28.8. The molecule has 4 aliphatic rings. The number of fused-ring (bicyclic) bond motifs is 3. The van der Waals surface area contributed by atoms with Gasteiger partial charge in [0.05, 0.1) is 23.3 Å². The van der Waals surface area contributed by atoms with Gasteiger partial charge in [-0.05, 0) is 86.1 Å². The molecular formula is C32H38Cl2FN3O4. The highest BCUT2D eigenvalue weighted by molar-refractivity contribution is 6.31. The van der Waals surface area contributed by atoms with E-state index in [1.165, 1.54) is 6.07 Å². The molecule has 2 aromatic rings. The van der Waals surface area contributed by atoms with Crippen molar-refractivity contribution in [1.29, 1.82) is 0 Å². The van der Waals surface area contributed by atoms with Crippen LogP contribution in [0, 0.1) is 11.2 Å². The second kappa shape index (κ2) is 10.4. The Morgan fingerprint density at radius 3 is 2.43 bits per heavy atom. The Labute approximate surface area is 255 Å². The number of nitrogens with one attached hydrogen (secondary N) is 3. The highest BCUT2D eigenvalue weighted by Crippen LogP contribution is 2.64. The second-order valence-electron chi connectivity index (χ2n) is 13.6. The maximum absolute atomic E-state index is 16.1. The molecule has 2 heterocycles. The Hall–Kier alpha value is -2.23. The zero-order valence-electron chi connectivity index (χ0n) is 23.9. The van der Waals surface area contributed by atoms with Crippen molar-refractivity contribution in [3.8, 4) is 0 Å². The molecule has 3 fully saturated rings. The predicted octanol–water partition coefficient (Wildman–Crippen LogP) is 5.20. The first kappa shape index (κ1) is 29.8. The van der Waals surface area contributed by atoms with Gasteiger partial charge in [-0.25, -0.2) is 4.39 Å². The fourth-order valence-electron chi connectivity index (χ4n) is 8.16. The van der Waals surface area contributed by atoms with Crippen molar-refractivity contribution in [2.75, 3.05) is 11.9 Å². The van der Waals surface area contributed by atoms with E-state index in [0.29, 0.717) is 54.8 Å². The number of anilines is 1. The van der Waals surface area contributed by atoms with Crippen LogP contribution in [0.25, 0.3) is 0 Å². The number of aliphatic hydroxyl groups excluding tert-OH is 1. The number of hydrogen-bond donors (Lipinski definition) is 5. The fourth-order valence-corrected chi connectivity index (χ4v) is 8.52. The molecule has 1 unspecified atom stereocenters. The Morgan fingerprint density at radius 1 is 1.07 bits per heavy atom. The van der Waals surface area contributed by atoms with Gasteiger partial charge in [0.15, 0.2) is 0 Å². The highest BCUT2D eigenvalue weighted by Gasteiger charge is 2.73. The Kier molecular flexibility index (Phi) is 7.42. The summed E-state index contributed by atoms with van der Waals surface area (Å²) in [5.41, 5.74) is -1.74. The summed E-state index contributed by atoms with van der Waals surface area (Å²) in [6.45, 7) is 4.09. The van der Waals surface area contributed by atoms with E-state index in [4.69, 9.17) is 23.2 Å². The lowest BCUT2D eigenvalue weighted by molar-refractivity contribution is -0.125. The van der Waals surface area contributed by atoms with Gasteiger partial charge in [0.2, 0.25) is 11.8 Å². The van der Waals surface area contributed by atoms with Gasteiger partial charge in [-0.2, -0.15) is 0 Å². The van der Waals surface area contributed by atoms with Crippen molar-refractivity contribution in [3.63, 3.8) is 0 Å². The number of aliphatic hydroxyl groups is 2. The van der Waals surface area contributed by atoms with Crippen LogP contribution < -0.4 is 16.0 Å². The topological polar surface area (TPSA) is 111 Å². The molecule has 2 aromatic carbocycles. The molecule has 2 saturated carbocycles. The third-order valence-electron chi connectivity index (χ3n) is 10.6. The summed E-state index contributed by atoms with van der Waals surface area (Å²) in [6.07, 6.45) is 4.58. The summed E-state index contributed by atoms with van der Waals surface area (Å²) >= 11 is 12.7. The molecule has 10 heteroatoms. The van der Waals surface area contributed by atoms with Crippen molar-refractivity contribution in [2.45, 2.75) is 99.8 Å². The van der Waals surface area contributed by atoms with Crippen LogP contribution in [0.1, 0.15) is 82.3 Å². The van der Waals surface area contributed by atoms with E-state index in [-0.39, 0.29) is 40.5 Å². The van der Waals surface area contributed by atoms with Crippen LogP contribution >= 0.6 is 23.2 Å². The molecule has 3 atom stereocenters. The lowest BCUT2D eigenvalue weighted by Crippen LogP contribution is -2.61. The molecule has 2 aliphatic heterocycles. The molecule has 1 saturated heterocycles.